The first kappa shape index (κ1) is 10.3. The molecule has 0 saturated carbocycles. The van der Waals surface area contributed by atoms with Crippen molar-refractivity contribution in [3.05, 3.63) is 6.20 Å². The largest absolute Gasteiger partial charge is 0.394 e. The molecule has 2 rings (SSSR count). The zero-order chi connectivity index (χ0) is 11.0. The summed E-state index contributed by atoms with van der Waals surface area (Å²) in [5.41, 5.74) is 6.53. The predicted molar refractivity (Wildman–Crippen MR) is 59.6 cm³/mol. The molecule has 1 aromatic rings. The number of rotatable bonds is 1. The molecule has 0 spiro atoms. The molecule has 2 unspecified atom stereocenters. The molecule has 3 N–H and O–H groups in total. The van der Waals surface area contributed by atoms with Gasteiger partial charge in [-0.05, 0) is 12.3 Å². The fraction of sp³-hybridized carbons (Fsp3) is 0.700. The van der Waals surface area contributed by atoms with Gasteiger partial charge in [-0.3, -0.25) is 4.68 Å². The number of nitrogen functional groups attached to an aromatic ring is 1. The lowest BCUT2D eigenvalue weighted by Crippen LogP contribution is -2.43. The van der Waals surface area contributed by atoms with Crippen molar-refractivity contribution >= 4 is 11.5 Å². The van der Waals surface area contributed by atoms with Crippen molar-refractivity contribution in [2.45, 2.75) is 19.4 Å². The molecule has 1 aliphatic heterocycles. The van der Waals surface area contributed by atoms with Gasteiger partial charge < -0.3 is 15.7 Å². The van der Waals surface area contributed by atoms with Crippen LogP contribution in [0.15, 0.2) is 6.20 Å². The Morgan fingerprint density at radius 3 is 2.87 bits per heavy atom. The fourth-order valence-electron chi connectivity index (χ4n) is 1.98. The molecule has 15 heavy (non-hydrogen) atoms. The van der Waals surface area contributed by atoms with E-state index in [0.717, 1.165) is 18.8 Å². The van der Waals surface area contributed by atoms with Gasteiger partial charge in [0.25, 0.3) is 0 Å². The lowest BCUT2D eigenvalue weighted by Gasteiger charge is -2.34. The number of nitrogens with zero attached hydrogens (tertiary/aromatic N) is 3. The van der Waals surface area contributed by atoms with Gasteiger partial charge in [0, 0.05) is 26.3 Å². The van der Waals surface area contributed by atoms with Crippen molar-refractivity contribution in [2.24, 2.45) is 13.0 Å². The highest BCUT2D eigenvalue weighted by Gasteiger charge is 2.26. The average Bonchev–Trinajstić information content (AvgIpc) is 2.50. The standard InChI is InChI=1S/C10H18N4O/c1-7-3-4-14(6-9(7)15)10-8(11)5-13(2)12-10/h5,7,9,15H,3-4,6,11H2,1-2H3. The predicted octanol–water partition coefficient (Wildman–Crippen LogP) is 0.209. The smallest absolute Gasteiger partial charge is 0.173 e. The number of aromatic nitrogens is 2. The molecule has 1 aromatic heterocycles. The second-order valence-electron chi connectivity index (χ2n) is 4.36. The van der Waals surface area contributed by atoms with E-state index in [1.54, 1.807) is 10.9 Å². The summed E-state index contributed by atoms with van der Waals surface area (Å²) < 4.78 is 1.70. The summed E-state index contributed by atoms with van der Waals surface area (Å²) in [7, 11) is 1.85. The van der Waals surface area contributed by atoms with Crippen molar-refractivity contribution in [1.29, 1.82) is 0 Å². The van der Waals surface area contributed by atoms with E-state index in [0.29, 0.717) is 18.2 Å². The van der Waals surface area contributed by atoms with Gasteiger partial charge in [0.2, 0.25) is 0 Å². The number of hydrogen-bond acceptors (Lipinski definition) is 4. The molecule has 1 saturated heterocycles. The molecular formula is C10H18N4O. The molecule has 1 fully saturated rings. The zero-order valence-electron chi connectivity index (χ0n) is 9.22. The van der Waals surface area contributed by atoms with Gasteiger partial charge in [-0.15, -0.1) is 0 Å². The summed E-state index contributed by atoms with van der Waals surface area (Å²) in [5, 5.41) is 14.1. The molecule has 0 amide bonds. The molecule has 0 aliphatic carbocycles. The van der Waals surface area contributed by atoms with Gasteiger partial charge in [0.15, 0.2) is 5.82 Å². The lowest BCUT2D eigenvalue weighted by atomic mass is 9.96. The number of hydrogen-bond donors (Lipinski definition) is 2. The highest BCUT2D eigenvalue weighted by Crippen LogP contribution is 2.26. The van der Waals surface area contributed by atoms with Gasteiger partial charge in [-0.1, -0.05) is 6.92 Å². The monoisotopic (exact) mass is 210 g/mol. The van der Waals surface area contributed by atoms with Crippen molar-refractivity contribution in [3.63, 3.8) is 0 Å². The molecule has 5 nitrogen and oxygen atoms in total. The third-order valence-corrected chi connectivity index (χ3v) is 3.05. The molecule has 2 atom stereocenters. The van der Waals surface area contributed by atoms with Gasteiger partial charge >= 0.3 is 0 Å². The van der Waals surface area contributed by atoms with Crippen LogP contribution in [0.1, 0.15) is 13.3 Å². The normalized spacial score (nSPS) is 27.0. The molecule has 0 aromatic carbocycles. The maximum absolute atomic E-state index is 9.79. The summed E-state index contributed by atoms with van der Waals surface area (Å²) in [4.78, 5) is 2.06. The SMILES string of the molecule is CC1CCN(c2nn(C)cc2N)CC1O. The van der Waals surface area contributed by atoms with Crippen LogP contribution in [0.5, 0.6) is 0 Å². The minimum absolute atomic E-state index is 0.278. The summed E-state index contributed by atoms with van der Waals surface area (Å²) in [5.74, 6) is 1.16. The first-order valence-electron chi connectivity index (χ1n) is 5.30. The quantitative estimate of drug-likeness (QED) is 0.695. The zero-order valence-corrected chi connectivity index (χ0v) is 9.22. The van der Waals surface area contributed by atoms with E-state index in [-0.39, 0.29) is 6.10 Å². The van der Waals surface area contributed by atoms with Crippen LogP contribution in [0.3, 0.4) is 0 Å². The highest BCUT2D eigenvalue weighted by atomic mass is 16.3. The number of β-amino-alcohol motifs (C(OH)–C–C–N with tert-alkyl or cyclic N) is 1. The van der Waals surface area contributed by atoms with E-state index >= 15 is 0 Å². The van der Waals surface area contributed by atoms with Gasteiger partial charge in [-0.25, -0.2) is 0 Å². The summed E-state index contributed by atoms with van der Waals surface area (Å²) in [6, 6.07) is 0. The Kier molecular flexibility index (Phi) is 2.56. The molecule has 84 valence electrons. The molecule has 2 heterocycles. The summed E-state index contributed by atoms with van der Waals surface area (Å²) >= 11 is 0. The maximum Gasteiger partial charge on any atom is 0.173 e. The second kappa shape index (κ2) is 3.73. The molecule has 0 bridgehead atoms. The Hall–Kier alpha value is -1.23. The van der Waals surface area contributed by atoms with Crippen LogP contribution in [0.4, 0.5) is 11.5 Å². The van der Waals surface area contributed by atoms with Crippen molar-refractivity contribution in [2.75, 3.05) is 23.7 Å². The van der Waals surface area contributed by atoms with Crippen LogP contribution in [0, 0.1) is 5.92 Å². The number of anilines is 2. The number of nitrogens with two attached hydrogens (primary N) is 1. The Bertz CT molecular complexity index is 349. The van der Waals surface area contributed by atoms with E-state index in [2.05, 4.69) is 16.9 Å². The number of aryl methyl sites for hydroxylation is 1. The third-order valence-electron chi connectivity index (χ3n) is 3.05. The first-order valence-corrected chi connectivity index (χ1v) is 5.30. The van der Waals surface area contributed by atoms with Gasteiger partial charge in [0.05, 0.1) is 11.8 Å². The Morgan fingerprint density at radius 1 is 1.60 bits per heavy atom. The Labute approximate surface area is 89.5 Å². The molecular weight excluding hydrogens is 192 g/mol. The van der Waals surface area contributed by atoms with Crippen molar-refractivity contribution < 1.29 is 5.11 Å². The van der Waals surface area contributed by atoms with E-state index in [4.69, 9.17) is 5.73 Å². The van der Waals surface area contributed by atoms with E-state index in [9.17, 15) is 5.11 Å². The van der Waals surface area contributed by atoms with Crippen LogP contribution in [0.2, 0.25) is 0 Å². The van der Waals surface area contributed by atoms with Crippen LogP contribution in [-0.4, -0.2) is 34.1 Å². The fourth-order valence-corrected chi connectivity index (χ4v) is 1.98. The Balaban J connectivity index is 2.15. The third kappa shape index (κ3) is 1.92. The van der Waals surface area contributed by atoms with Crippen LogP contribution in [-0.2, 0) is 7.05 Å². The van der Waals surface area contributed by atoms with E-state index in [1.807, 2.05) is 7.05 Å². The molecule has 5 heteroatoms. The minimum Gasteiger partial charge on any atom is -0.394 e. The topological polar surface area (TPSA) is 67.3 Å². The maximum atomic E-state index is 9.79. The number of aliphatic hydroxyl groups excluding tert-OH is 1. The summed E-state index contributed by atoms with van der Waals surface area (Å²) in [6.07, 6.45) is 2.50. The molecule has 0 radical (unpaired) electrons. The van der Waals surface area contributed by atoms with Crippen LogP contribution >= 0.6 is 0 Å². The van der Waals surface area contributed by atoms with Crippen LogP contribution in [0.25, 0.3) is 0 Å². The van der Waals surface area contributed by atoms with Gasteiger partial charge in [-0.2, -0.15) is 5.10 Å². The minimum atomic E-state index is -0.278. The lowest BCUT2D eigenvalue weighted by molar-refractivity contribution is 0.102. The Morgan fingerprint density at radius 2 is 2.33 bits per heavy atom. The van der Waals surface area contributed by atoms with Crippen LogP contribution < -0.4 is 10.6 Å². The highest BCUT2D eigenvalue weighted by molar-refractivity contribution is 5.61. The first-order chi connectivity index (χ1) is 7.08. The summed E-state index contributed by atoms with van der Waals surface area (Å²) in [6.45, 7) is 3.62. The van der Waals surface area contributed by atoms with Crippen molar-refractivity contribution in [3.8, 4) is 0 Å². The second-order valence-corrected chi connectivity index (χ2v) is 4.36. The number of aliphatic hydroxyl groups is 1. The van der Waals surface area contributed by atoms with E-state index < -0.39 is 0 Å². The van der Waals surface area contributed by atoms with Crippen molar-refractivity contribution in [1.82, 2.24) is 9.78 Å². The van der Waals surface area contributed by atoms with E-state index in [1.165, 1.54) is 0 Å². The van der Waals surface area contributed by atoms with Gasteiger partial charge in [0.1, 0.15) is 0 Å². The number of piperidine rings is 1. The average molecular weight is 210 g/mol. The molecule has 1 aliphatic rings.